The Morgan fingerprint density at radius 1 is 0.871 bits per heavy atom. The van der Waals surface area contributed by atoms with E-state index in [-0.39, 0.29) is 24.1 Å². The maximum Gasteiger partial charge on any atom is 0.337 e. The number of rotatable bonds is 5. The van der Waals surface area contributed by atoms with Crippen molar-refractivity contribution in [1.29, 1.82) is 0 Å². The molecule has 1 fully saturated rings. The van der Waals surface area contributed by atoms with Gasteiger partial charge in [0.25, 0.3) is 0 Å². The number of anilines is 1. The summed E-state index contributed by atoms with van der Waals surface area (Å²) in [6.07, 6.45) is 0.121. The van der Waals surface area contributed by atoms with Crippen molar-refractivity contribution in [3.63, 3.8) is 0 Å². The van der Waals surface area contributed by atoms with E-state index in [1.165, 1.54) is 6.07 Å². The summed E-state index contributed by atoms with van der Waals surface area (Å²) in [5, 5.41) is 9.67. The van der Waals surface area contributed by atoms with Crippen molar-refractivity contribution >= 4 is 35.1 Å². The van der Waals surface area contributed by atoms with E-state index in [9.17, 15) is 19.5 Å². The number of carbonyl (C=O) groups excluding carboxylic acids is 2. The summed E-state index contributed by atoms with van der Waals surface area (Å²) in [6, 6.07) is 21.8. The lowest BCUT2D eigenvalue weighted by atomic mass is 9.83. The summed E-state index contributed by atoms with van der Waals surface area (Å²) >= 11 is 7.32. The number of carboxylic acids is 1. The molecule has 1 aliphatic rings. The number of nitrogens with zero attached hydrogens (tertiary/aromatic N) is 1. The van der Waals surface area contributed by atoms with Crippen molar-refractivity contribution in [2.45, 2.75) is 24.6 Å². The first-order valence-corrected chi connectivity index (χ1v) is 10.3. The smallest absolute Gasteiger partial charge is 0.337 e. The van der Waals surface area contributed by atoms with Crippen LogP contribution in [0.3, 0.4) is 0 Å². The molecule has 4 rings (SSSR count). The maximum absolute atomic E-state index is 12.4. The third kappa shape index (κ3) is 3.62. The molecule has 1 saturated heterocycles. The first-order chi connectivity index (χ1) is 14.8. The van der Waals surface area contributed by atoms with Crippen LogP contribution in [0, 0.1) is 6.92 Å². The molecule has 2 amide bonds. The van der Waals surface area contributed by atoms with Crippen molar-refractivity contribution in [1.82, 2.24) is 0 Å². The first kappa shape index (κ1) is 20.8. The van der Waals surface area contributed by atoms with Crippen molar-refractivity contribution in [2.24, 2.45) is 0 Å². The molecule has 1 atom stereocenters. The Morgan fingerprint density at radius 3 is 2.00 bits per heavy atom. The van der Waals surface area contributed by atoms with Crippen molar-refractivity contribution in [3.8, 4) is 0 Å². The number of aryl methyl sites for hydroxylation is 1. The van der Waals surface area contributed by atoms with Gasteiger partial charge in [-0.2, -0.15) is 0 Å². The zero-order valence-electron chi connectivity index (χ0n) is 16.8. The van der Waals surface area contributed by atoms with E-state index >= 15 is 0 Å². The Hall–Kier alpha value is -3.44. The minimum absolute atomic E-state index is 0.0468. The van der Waals surface area contributed by atoms with E-state index in [1.807, 2.05) is 61.5 Å². The summed E-state index contributed by atoms with van der Waals surface area (Å²) in [7, 11) is 0. The SMILES string of the molecule is Cc1ccc(C(Cl)(c2ccccc2)c2ccc(C(=O)O)c(N3C(=O)CCC3=O)c2)cc1. The Kier molecular flexibility index (Phi) is 5.38. The van der Waals surface area contributed by atoms with Gasteiger partial charge in [0.05, 0.1) is 11.3 Å². The monoisotopic (exact) mass is 433 g/mol. The van der Waals surface area contributed by atoms with Gasteiger partial charge in [-0.3, -0.25) is 9.59 Å². The van der Waals surface area contributed by atoms with Crippen molar-refractivity contribution < 1.29 is 19.5 Å². The average molecular weight is 434 g/mol. The molecule has 3 aromatic rings. The van der Waals surface area contributed by atoms with Crippen LogP contribution in [0.5, 0.6) is 0 Å². The third-order valence-corrected chi connectivity index (χ3v) is 6.19. The minimum atomic E-state index is -1.22. The van der Waals surface area contributed by atoms with E-state index in [2.05, 4.69) is 0 Å². The Balaban J connectivity index is 1.97. The standard InChI is InChI=1S/C25H20ClNO4/c1-16-7-9-18(10-8-16)25(26,17-5-3-2-4-6-17)19-11-12-20(24(30)31)21(15-19)27-22(28)13-14-23(27)29/h2-12,15H,13-14H2,1H3,(H,30,31). The lowest BCUT2D eigenvalue weighted by Crippen LogP contribution is -2.31. The van der Waals surface area contributed by atoms with Gasteiger partial charge in [-0.05, 0) is 35.7 Å². The second-order valence-corrected chi connectivity index (χ2v) is 8.12. The van der Waals surface area contributed by atoms with Gasteiger partial charge in [-0.15, -0.1) is 11.6 Å². The van der Waals surface area contributed by atoms with Gasteiger partial charge >= 0.3 is 5.97 Å². The molecule has 1 N–H and O–H groups in total. The highest BCUT2D eigenvalue weighted by Gasteiger charge is 2.38. The van der Waals surface area contributed by atoms with Gasteiger partial charge in [-0.1, -0.05) is 66.2 Å². The quantitative estimate of drug-likeness (QED) is 0.353. The number of halogens is 1. The average Bonchev–Trinajstić information content (AvgIpc) is 3.11. The Morgan fingerprint density at radius 2 is 1.42 bits per heavy atom. The van der Waals surface area contributed by atoms with Crippen LogP contribution in [-0.2, 0) is 14.5 Å². The topological polar surface area (TPSA) is 74.7 Å². The molecule has 1 aliphatic heterocycles. The molecule has 0 aliphatic carbocycles. The molecule has 6 heteroatoms. The Labute approximate surface area is 184 Å². The zero-order valence-corrected chi connectivity index (χ0v) is 17.6. The molecule has 0 saturated carbocycles. The largest absolute Gasteiger partial charge is 0.478 e. The van der Waals surface area contributed by atoms with Gasteiger partial charge in [-0.25, -0.2) is 9.69 Å². The lowest BCUT2D eigenvalue weighted by Gasteiger charge is -2.30. The number of aromatic carboxylic acids is 1. The molecule has 1 unspecified atom stereocenters. The number of alkyl halides is 1. The van der Waals surface area contributed by atoms with Gasteiger partial charge in [0.1, 0.15) is 4.87 Å². The van der Waals surface area contributed by atoms with Crippen LogP contribution in [0.25, 0.3) is 0 Å². The van der Waals surface area contributed by atoms with Crippen LogP contribution in [0.4, 0.5) is 5.69 Å². The second kappa shape index (κ2) is 8.00. The van der Waals surface area contributed by atoms with Crippen LogP contribution in [0.15, 0.2) is 72.8 Å². The van der Waals surface area contributed by atoms with Crippen LogP contribution in [-0.4, -0.2) is 22.9 Å². The fourth-order valence-electron chi connectivity index (χ4n) is 3.91. The molecule has 1 heterocycles. The Bertz CT molecular complexity index is 1160. The van der Waals surface area contributed by atoms with Crippen molar-refractivity contribution in [2.75, 3.05) is 4.90 Å². The van der Waals surface area contributed by atoms with Gasteiger partial charge < -0.3 is 5.11 Å². The molecule has 31 heavy (non-hydrogen) atoms. The second-order valence-electron chi connectivity index (χ2n) is 7.55. The number of carboxylic acid groups (broad SMARTS) is 1. The molecule has 5 nitrogen and oxygen atoms in total. The summed E-state index contributed by atoms with van der Waals surface area (Å²) < 4.78 is 0. The first-order valence-electron chi connectivity index (χ1n) is 9.87. The fourth-order valence-corrected chi connectivity index (χ4v) is 4.28. The number of imide groups is 1. The fraction of sp³-hybridized carbons (Fsp3) is 0.160. The number of carbonyl (C=O) groups is 3. The number of benzene rings is 3. The molecule has 0 aromatic heterocycles. The van der Waals surface area contributed by atoms with E-state index in [4.69, 9.17) is 11.6 Å². The van der Waals surface area contributed by atoms with Crippen LogP contribution < -0.4 is 4.90 Å². The van der Waals surface area contributed by atoms with Crippen molar-refractivity contribution in [3.05, 3.63) is 101 Å². The highest BCUT2D eigenvalue weighted by atomic mass is 35.5. The van der Waals surface area contributed by atoms with Crippen LogP contribution in [0.1, 0.15) is 45.5 Å². The van der Waals surface area contributed by atoms with E-state index in [0.29, 0.717) is 5.56 Å². The third-order valence-electron chi connectivity index (χ3n) is 5.54. The van der Waals surface area contributed by atoms with E-state index in [1.54, 1.807) is 12.1 Å². The van der Waals surface area contributed by atoms with Gasteiger partial charge in [0, 0.05) is 12.8 Å². The van der Waals surface area contributed by atoms with Gasteiger partial charge in [0.2, 0.25) is 11.8 Å². The van der Waals surface area contributed by atoms with Gasteiger partial charge in [0.15, 0.2) is 0 Å². The van der Waals surface area contributed by atoms with Crippen LogP contribution in [0.2, 0.25) is 0 Å². The molecule has 3 aromatic carbocycles. The number of amides is 2. The molecular weight excluding hydrogens is 414 g/mol. The molecule has 0 spiro atoms. The molecule has 156 valence electrons. The summed E-state index contributed by atoms with van der Waals surface area (Å²) in [4.78, 5) is 36.4. The molecular formula is C25H20ClNO4. The highest BCUT2D eigenvalue weighted by molar-refractivity contribution is 6.28. The number of hydrogen-bond acceptors (Lipinski definition) is 3. The lowest BCUT2D eigenvalue weighted by molar-refractivity contribution is -0.121. The maximum atomic E-state index is 12.4. The number of hydrogen-bond donors (Lipinski definition) is 1. The highest BCUT2D eigenvalue weighted by Crippen LogP contribution is 2.45. The molecule has 0 radical (unpaired) electrons. The van der Waals surface area contributed by atoms with E-state index in [0.717, 1.165) is 21.6 Å². The predicted molar refractivity (Wildman–Crippen MR) is 118 cm³/mol. The summed E-state index contributed by atoms with van der Waals surface area (Å²) in [6.45, 7) is 1.98. The minimum Gasteiger partial charge on any atom is -0.478 e. The summed E-state index contributed by atoms with van der Waals surface area (Å²) in [5.74, 6) is -2.05. The normalized spacial score (nSPS) is 15.7. The predicted octanol–water partition coefficient (Wildman–Crippen LogP) is 4.88. The van der Waals surface area contributed by atoms with E-state index < -0.39 is 22.7 Å². The van der Waals surface area contributed by atoms with Crippen LogP contribution >= 0.6 is 11.6 Å². The zero-order chi connectivity index (χ0) is 22.2. The molecule has 0 bridgehead atoms. The summed E-state index contributed by atoms with van der Waals surface area (Å²) in [5.41, 5.74) is 3.14.